The maximum absolute atomic E-state index is 12.3. The first-order chi connectivity index (χ1) is 11.5. The molecule has 2 aromatic heterocycles. The average molecular weight is 339 g/mol. The second-order valence-electron chi connectivity index (χ2n) is 6.01. The Morgan fingerprint density at radius 2 is 2.00 bits per heavy atom. The number of hydrogen-bond donors (Lipinski definition) is 1. The Kier molecular flexibility index (Phi) is 4.53. The van der Waals surface area contributed by atoms with Crippen LogP contribution in [0.5, 0.6) is 0 Å². The smallest absolute Gasteiger partial charge is 0.231 e. The lowest BCUT2D eigenvalue weighted by Gasteiger charge is -2.06. The third-order valence-electron chi connectivity index (χ3n) is 4.33. The lowest BCUT2D eigenvalue weighted by atomic mass is 10.2. The Morgan fingerprint density at radius 3 is 2.67 bits per heavy atom. The van der Waals surface area contributed by atoms with Crippen molar-refractivity contribution in [2.75, 3.05) is 5.32 Å². The molecule has 0 atom stereocenters. The van der Waals surface area contributed by atoms with Crippen LogP contribution in [0, 0.1) is 20.8 Å². The Labute approximate surface area is 146 Å². The van der Waals surface area contributed by atoms with E-state index in [1.54, 1.807) is 0 Å². The predicted octanol–water partition coefficient (Wildman–Crippen LogP) is 4.26. The van der Waals surface area contributed by atoms with Crippen molar-refractivity contribution in [1.82, 2.24) is 9.55 Å². The van der Waals surface area contributed by atoms with Crippen LogP contribution in [0.4, 0.5) is 5.69 Å². The quantitative estimate of drug-likeness (QED) is 0.772. The second-order valence-corrected chi connectivity index (χ2v) is 6.95. The van der Waals surface area contributed by atoms with Crippen LogP contribution < -0.4 is 5.32 Å². The maximum atomic E-state index is 12.3. The first-order valence-electron chi connectivity index (χ1n) is 7.89. The minimum Gasteiger partial charge on any atom is -0.351 e. The number of aromatic nitrogens is 2. The van der Waals surface area contributed by atoms with Crippen LogP contribution in [0.15, 0.2) is 35.7 Å². The number of amides is 1. The molecule has 3 aromatic rings. The molecular formula is C19H21N3OS. The lowest BCUT2D eigenvalue weighted by Crippen LogP contribution is -2.14. The highest BCUT2D eigenvalue weighted by Crippen LogP contribution is 2.27. The molecule has 124 valence electrons. The lowest BCUT2D eigenvalue weighted by molar-refractivity contribution is -0.115. The van der Waals surface area contributed by atoms with Crippen LogP contribution in [-0.2, 0) is 18.3 Å². The highest BCUT2D eigenvalue weighted by molar-refractivity contribution is 7.10. The first-order valence-corrected chi connectivity index (χ1v) is 8.77. The summed E-state index contributed by atoms with van der Waals surface area (Å²) in [7, 11) is 2.05. The molecule has 0 unspecified atom stereocenters. The SMILES string of the molecule is Cc1ccccc1NC(=O)Cc1nc(-c2cc(C)n(C)c2C)cs1. The molecule has 24 heavy (non-hydrogen) atoms. The van der Waals surface area contributed by atoms with Gasteiger partial charge in [-0.3, -0.25) is 4.79 Å². The van der Waals surface area contributed by atoms with Gasteiger partial charge >= 0.3 is 0 Å². The zero-order chi connectivity index (χ0) is 17.3. The highest BCUT2D eigenvalue weighted by Gasteiger charge is 2.14. The van der Waals surface area contributed by atoms with E-state index in [9.17, 15) is 4.79 Å². The summed E-state index contributed by atoms with van der Waals surface area (Å²) in [5, 5.41) is 5.81. The largest absolute Gasteiger partial charge is 0.351 e. The molecule has 1 aromatic carbocycles. The van der Waals surface area contributed by atoms with Crippen molar-refractivity contribution < 1.29 is 4.79 Å². The van der Waals surface area contributed by atoms with Crippen LogP contribution in [0.3, 0.4) is 0 Å². The normalized spacial score (nSPS) is 10.8. The average Bonchev–Trinajstić information content (AvgIpc) is 3.10. The Balaban J connectivity index is 1.73. The van der Waals surface area contributed by atoms with Gasteiger partial charge < -0.3 is 9.88 Å². The van der Waals surface area contributed by atoms with Gasteiger partial charge in [0.1, 0.15) is 5.01 Å². The van der Waals surface area contributed by atoms with Gasteiger partial charge in [-0.25, -0.2) is 4.98 Å². The van der Waals surface area contributed by atoms with Gasteiger partial charge in [-0.2, -0.15) is 0 Å². The summed E-state index contributed by atoms with van der Waals surface area (Å²) >= 11 is 1.53. The molecule has 1 N–H and O–H groups in total. The van der Waals surface area contributed by atoms with E-state index in [0.717, 1.165) is 27.5 Å². The van der Waals surface area contributed by atoms with E-state index in [0.29, 0.717) is 6.42 Å². The number of carbonyl (C=O) groups is 1. The topological polar surface area (TPSA) is 46.9 Å². The van der Waals surface area contributed by atoms with E-state index >= 15 is 0 Å². The van der Waals surface area contributed by atoms with E-state index in [2.05, 4.69) is 41.8 Å². The molecule has 0 aliphatic heterocycles. The van der Waals surface area contributed by atoms with E-state index in [4.69, 9.17) is 0 Å². The monoisotopic (exact) mass is 339 g/mol. The minimum atomic E-state index is -0.0360. The third-order valence-corrected chi connectivity index (χ3v) is 5.18. The van der Waals surface area contributed by atoms with Crippen molar-refractivity contribution >= 4 is 22.9 Å². The third kappa shape index (κ3) is 3.26. The molecule has 0 radical (unpaired) electrons. The number of carbonyl (C=O) groups excluding carboxylic acids is 1. The summed E-state index contributed by atoms with van der Waals surface area (Å²) < 4.78 is 2.15. The molecule has 1 amide bonds. The van der Waals surface area contributed by atoms with Crippen LogP contribution in [0.2, 0.25) is 0 Å². The fourth-order valence-electron chi connectivity index (χ4n) is 2.68. The van der Waals surface area contributed by atoms with Crippen molar-refractivity contribution in [3.8, 4) is 11.3 Å². The summed E-state index contributed by atoms with van der Waals surface area (Å²) in [6.45, 7) is 6.16. The van der Waals surface area contributed by atoms with E-state index in [-0.39, 0.29) is 5.91 Å². The number of anilines is 1. The number of hydrogen-bond acceptors (Lipinski definition) is 3. The number of nitrogens with one attached hydrogen (secondary N) is 1. The summed E-state index contributed by atoms with van der Waals surface area (Å²) in [6.07, 6.45) is 0.296. The van der Waals surface area contributed by atoms with Gasteiger partial charge in [0.2, 0.25) is 5.91 Å². The minimum absolute atomic E-state index is 0.0360. The molecule has 3 rings (SSSR count). The molecule has 0 aliphatic rings. The molecule has 0 fully saturated rings. The van der Waals surface area contributed by atoms with Crippen LogP contribution in [0.1, 0.15) is 22.0 Å². The van der Waals surface area contributed by atoms with Crippen molar-refractivity contribution in [3.63, 3.8) is 0 Å². The van der Waals surface area contributed by atoms with Gasteiger partial charge in [0, 0.05) is 35.1 Å². The zero-order valence-corrected chi connectivity index (χ0v) is 15.2. The molecule has 0 spiro atoms. The van der Waals surface area contributed by atoms with Gasteiger partial charge in [0.25, 0.3) is 0 Å². The van der Waals surface area contributed by atoms with E-state index in [1.807, 2.05) is 36.6 Å². The summed E-state index contributed by atoms with van der Waals surface area (Å²) in [5.74, 6) is -0.0360. The molecule has 4 nitrogen and oxygen atoms in total. The molecule has 0 aliphatic carbocycles. The first kappa shape index (κ1) is 16.5. The Morgan fingerprint density at radius 1 is 1.25 bits per heavy atom. The van der Waals surface area contributed by atoms with Gasteiger partial charge in [-0.1, -0.05) is 18.2 Å². The molecule has 0 saturated heterocycles. The van der Waals surface area contributed by atoms with Crippen LogP contribution in [-0.4, -0.2) is 15.5 Å². The number of nitrogens with zero attached hydrogens (tertiary/aromatic N) is 2. The fraction of sp³-hybridized carbons (Fsp3) is 0.263. The molecule has 0 saturated carbocycles. The number of benzene rings is 1. The van der Waals surface area contributed by atoms with E-state index in [1.165, 1.54) is 22.7 Å². The molecule has 2 heterocycles. The fourth-order valence-corrected chi connectivity index (χ4v) is 3.47. The van der Waals surface area contributed by atoms with Gasteiger partial charge in [0.05, 0.1) is 12.1 Å². The number of aryl methyl sites for hydroxylation is 2. The van der Waals surface area contributed by atoms with Crippen molar-refractivity contribution in [2.24, 2.45) is 7.05 Å². The van der Waals surface area contributed by atoms with Gasteiger partial charge in [-0.05, 0) is 38.5 Å². The second kappa shape index (κ2) is 6.61. The Hall–Kier alpha value is -2.40. The van der Waals surface area contributed by atoms with Crippen molar-refractivity contribution in [1.29, 1.82) is 0 Å². The molecular weight excluding hydrogens is 318 g/mol. The van der Waals surface area contributed by atoms with Crippen LogP contribution >= 0.6 is 11.3 Å². The highest BCUT2D eigenvalue weighted by atomic mass is 32.1. The number of thiazole rings is 1. The number of para-hydroxylation sites is 1. The van der Waals surface area contributed by atoms with E-state index < -0.39 is 0 Å². The summed E-state index contributed by atoms with van der Waals surface area (Å²) in [4.78, 5) is 16.9. The summed E-state index contributed by atoms with van der Waals surface area (Å²) in [6, 6.07) is 9.92. The maximum Gasteiger partial charge on any atom is 0.231 e. The van der Waals surface area contributed by atoms with Gasteiger partial charge in [-0.15, -0.1) is 11.3 Å². The standard InChI is InChI=1S/C19H21N3OS/c1-12-7-5-6-8-16(12)20-18(23)10-19-21-17(11-24-19)15-9-13(2)22(4)14(15)3/h5-9,11H,10H2,1-4H3,(H,20,23). The van der Waals surface area contributed by atoms with Gasteiger partial charge in [0.15, 0.2) is 0 Å². The number of rotatable bonds is 4. The molecule has 5 heteroatoms. The van der Waals surface area contributed by atoms with Crippen molar-refractivity contribution in [3.05, 3.63) is 57.7 Å². The van der Waals surface area contributed by atoms with Crippen molar-refractivity contribution in [2.45, 2.75) is 27.2 Å². The molecule has 0 bridgehead atoms. The predicted molar refractivity (Wildman–Crippen MR) is 99.5 cm³/mol. The van der Waals surface area contributed by atoms with Crippen LogP contribution in [0.25, 0.3) is 11.3 Å². The Bertz CT molecular complexity index is 892. The summed E-state index contributed by atoms with van der Waals surface area (Å²) in [5.41, 5.74) is 6.38. The zero-order valence-electron chi connectivity index (χ0n) is 14.4.